The van der Waals surface area contributed by atoms with Gasteiger partial charge in [-0.2, -0.15) is 18.3 Å². The summed E-state index contributed by atoms with van der Waals surface area (Å²) in [7, 11) is 0. The molecule has 0 radical (unpaired) electrons. The normalized spacial score (nSPS) is 17.9. The molecule has 0 spiro atoms. The van der Waals surface area contributed by atoms with Crippen molar-refractivity contribution < 1.29 is 27.5 Å². The molecule has 1 amide bonds. The van der Waals surface area contributed by atoms with Crippen molar-refractivity contribution in [2.45, 2.75) is 43.8 Å². The molecule has 1 aliphatic carbocycles. The van der Waals surface area contributed by atoms with Crippen LogP contribution in [0.1, 0.15) is 59.4 Å². The Morgan fingerprint density at radius 1 is 1.19 bits per heavy atom. The van der Waals surface area contributed by atoms with Crippen molar-refractivity contribution in [3.63, 3.8) is 0 Å². The van der Waals surface area contributed by atoms with Gasteiger partial charge in [0.2, 0.25) is 5.88 Å². The van der Waals surface area contributed by atoms with Crippen LogP contribution in [-0.2, 0) is 6.18 Å². The molecular weight excluding hydrogens is 453 g/mol. The Morgan fingerprint density at radius 2 is 1.88 bits per heavy atom. The van der Waals surface area contributed by atoms with Crippen LogP contribution in [0.2, 0.25) is 5.02 Å². The van der Waals surface area contributed by atoms with E-state index in [0.717, 1.165) is 29.7 Å². The Bertz CT molecular complexity index is 1270. The van der Waals surface area contributed by atoms with Crippen LogP contribution in [0.3, 0.4) is 0 Å². The predicted molar refractivity (Wildman–Crippen MR) is 106 cm³/mol. The number of rotatable bonds is 3. The van der Waals surface area contributed by atoms with Gasteiger partial charge in [-0.1, -0.05) is 11.6 Å². The van der Waals surface area contributed by atoms with Gasteiger partial charge in [0, 0.05) is 19.1 Å². The number of fused-ring (bicyclic) bond motifs is 1. The van der Waals surface area contributed by atoms with E-state index in [1.54, 1.807) is 6.07 Å². The molecular formula is C20H18ClF3N4O4. The number of amides is 1. The van der Waals surface area contributed by atoms with E-state index in [4.69, 9.17) is 11.6 Å². The number of hydrogen-bond donors (Lipinski definition) is 1. The summed E-state index contributed by atoms with van der Waals surface area (Å²) in [6, 6.07) is 2.28. The highest BCUT2D eigenvalue weighted by molar-refractivity contribution is 6.36. The van der Waals surface area contributed by atoms with Crippen molar-refractivity contribution in [2.24, 2.45) is 0 Å². The largest absolute Gasteiger partial charge is 0.492 e. The van der Waals surface area contributed by atoms with Gasteiger partial charge in [0.25, 0.3) is 5.91 Å². The average Bonchev–Trinajstić information content (AvgIpc) is 3.48. The number of aromatic hydroxyl groups is 1. The predicted octanol–water partition coefficient (Wildman–Crippen LogP) is 3.82. The lowest BCUT2D eigenvalue weighted by molar-refractivity contribution is -0.142. The molecule has 1 saturated carbocycles. The first-order chi connectivity index (χ1) is 15.1. The number of likely N-dealkylation sites (tertiary alicyclic amines) is 1. The Kier molecular flexibility index (Phi) is 4.77. The van der Waals surface area contributed by atoms with Crippen LogP contribution >= 0.6 is 11.6 Å². The summed E-state index contributed by atoms with van der Waals surface area (Å²) in [6.07, 6.45) is -1.38. The summed E-state index contributed by atoms with van der Waals surface area (Å²) >= 11 is 6.35. The standard InChI is InChI=1S/C20H18ClF3N4O4/c21-16-13-7-11(10-1-2-10)8-14(20(22,23)24)28(13)25-17(16)18(30)26-5-3-12(4-6-26)27-15(29)9-32-19(27)31/h7-10,12,29H,1-6H2. The second-order valence-corrected chi connectivity index (χ2v) is 8.54. The molecule has 0 aromatic carbocycles. The van der Waals surface area contributed by atoms with Crippen molar-refractivity contribution in [3.8, 4) is 5.88 Å². The lowest BCUT2D eigenvalue weighted by Gasteiger charge is -2.31. The molecule has 1 saturated heterocycles. The summed E-state index contributed by atoms with van der Waals surface area (Å²) in [4.78, 5) is 26.2. The van der Waals surface area contributed by atoms with Gasteiger partial charge in [-0.3, -0.25) is 4.79 Å². The van der Waals surface area contributed by atoms with Crippen molar-refractivity contribution in [1.29, 1.82) is 0 Å². The number of halogens is 4. The van der Waals surface area contributed by atoms with Gasteiger partial charge < -0.3 is 14.4 Å². The molecule has 8 nitrogen and oxygen atoms in total. The number of nitrogens with zero attached hydrogens (tertiary/aromatic N) is 4. The Labute approximate surface area is 183 Å². The zero-order valence-corrected chi connectivity index (χ0v) is 17.4. The van der Waals surface area contributed by atoms with Crippen LogP contribution in [-0.4, -0.2) is 43.2 Å². The van der Waals surface area contributed by atoms with E-state index >= 15 is 0 Å². The molecule has 0 unspecified atom stereocenters. The third kappa shape index (κ3) is 3.44. The van der Waals surface area contributed by atoms with Crippen molar-refractivity contribution in [3.05, 3.63) is 50.9 Å². The number of piperidine rings is 1. The highest BCUT2D eigenvalue weighted by Gasteiger charge is 2.38. The summed E-state index contributed by atoms with van der Waals surface area (Å²) in [6.45, 7) is 0.425. The molecule has 3 aromatic heterocycles. The SMILES string of the molecule is O=C(c1nn2c(C(F)(F)F)cc(C3CC3)cc2c1Cl)N1CCC(n2c(O)coc2=O)CC1. The van der Waals surface area contributed by atoms with Crippen LogP contribution < -0.4 is 5.76 Å². The maximum Gasteiger partial charge on any atom is 0.433 e. The number of aromatic nitrogens is 3. The number of alkyl halides is 3. The number of oxazole rings is 1. The van der Waals surface area contributed by atoms with E-state index in [-0.39, 0.29) is 47.2 Å². The van der Waals surface area contributed by atoms with Gasteiger partial charge in [-0.05, 0) is 49.3 Å². The average molecular weight is 471 g/mol. The minimum absolute atomic E-state index is 0.0523. The van der Waals surface area contributed by atoms with E-state index in [1.165, 1.54) is 4.90 Å². The molecule has 3 aromatic rings. The Morgan fingerprint density at radius 3 is 2.44 bits per heavy atom. The molecule has 1 aliphatic heterocycles. The number of carbonyl (C=O) groups is 1. The van der Waals surface area contributed by atoms with E-state index in [0.29, 0.717) is 22.9 Å². The first kappa shape index (κ1) is 20.9. The molecule has 2 fully saturated rings. The van der Waals surface area contributed by atoms with Gasteiger partial charge in [-0.15, -0.1) is 0 Å². The fourth-order valence-electron chi connectivity index (χ4n) is 4.25. The van der Waals surface area contributed by atoms with E-state index in [1.807, 2.05) is 0 Å². The molecule has 2 aliphatic rings. The molecule has 12 heteroatoms. The zero-order valence-electron chi connectivity index (χ0n) is 16.6. The van der Waals surface area contributed by atoms with E-state index in [2.05, 4.69) is 9.52 Å². The number of carbonyl (C=O) groups excluding carboxylic acids is 1. The lowest BCUT2D eigenvalue weighted by Crippen LogP contribution is -2.40. The minimum Gasteiger partial charge on any atom is -0.492 e. The van der Waals surface area contributed by atoms with Gasteiger partial charge >= 0.3 is 11.9 Å². The number of pyridine rings is 1. The second-order valence-electron chi connectivity index (χ2n) is 8.16. The Hall–Kier alpha value is -2.95. The summed E-state index contributed by atoms with van der Waals surface area (Å²) in [5, 5.41) is 13.6. The van der Waals surface area contributed by atoms with E-state index in [9.17, 15) is 27.9 Å². The van der Waals surface area contributed by atoms with Crippen molar-refractivity contribution >= 4 is 23.0 Å². The quantitative estimate of drug-likeness (QED) is 0.628. The zero-order chi connectivity index (χ0) is 22.8. The Balaban J connectivity index is 1.44. The summed E-state index contributed by atoms with van der Waals surface area (Å²) < 4.78 is 47.5. The highest BCUT2D eigenvalue weighted by atomic mass is 35.5. The van der Waals surface area contributed by atoms with Crippen LogP contribution in [0.5, 0.6) is 5.88 Å². The summed E-state index contributed by atoms with van der Waals surface area (Å²) in [5.41, 5.74) is -0.619. The minimum atomic E-state index is -4.66. The first-order valence-corrected chi connectivity index (χ1v) is 10.5. The monoisotopic (exact) mass is 470 g/mol. The van der Waals surface area contributed by atoms with Gasteiger partial charge in [-0.25, -0.2) is 13.9 Å². The van der Waals surface area contributed by atoms with Crippen LogP contribution in [0.15, 0.2) is 27.6 Å². The third-order valence-corrected chi connectivity index (χ3v) is 6.44. The molecule has 5 rings (SSSR count). The molecule has 1 N–H and O–H groups in total. The fourth-order valence-corrected chi connectivity index (χ4v) is 4.51. The van der Waals surface area contributed by atoms with Crippen LogP contribution in [0.4, 0.5) is 13.2 Å². The van der Waals surface area contributed by atoms with Gasteiger partial charge in [0.1, 0.15) is 5.69 Å². The highest BCUT2D eigenvalue weighted by Crippen LogP contribution is 2.43. The van der Waals surface area contributed by atoms with Crippen molar-refractivity contribution in [1.82, 2.24) is 19.1 Å². The lowest BCUT2D eigenvalue weighted by atomic mass is 10.0. The second kappa shape index (κ2) is 7.29. The topological polar surface area (TPSA) is 93.0 Å². The molecule has 0 bridgehead atoms. The smallest absolute Gasteiger partial charge is 0.433 e. The molecule has 4 heterocycles. The molecule has 170 valence electrons. The van der Waals surface area contributed by atoms with Gasteiger partial charge in [0.15, 0.2) is 12.0 Å². The van der Waals surface area contributed by atoms with Gasteiger partial charge in [0.05, 0.1) is 10.5 Å². The maximum absolute atomic E-state index is 13.7. The molecule has 32 heavy (non-hydrogen) atoms. The van der Waals surface area contributed by atoms with E-state index < -0.39 is 23.5 Å². The van der Waals surface area contributed by atoms with Crippen molar-refractivity contribution in [2.75, 3.05) is 13.1 Å². The first-order valence-electron chi connectivity index (χ1n) is 10.1. The summed E-state index contributed by atoms with van der Waals surface area (Å²) in [5.74, 6) is -1.51. The third-order valence-electron chi connectivity index (χ3n) is 6.06. The number of hydrogen-bond acceptors (Lipinski definition) is 5. The van der Waals surface area contributed by atoms with Crippen LogP contribution in [0.25, 0.3) is 5.52 Å². The fraction of sp³-hybridized carbons (Fsp3) is 0.450. The van der Waals surface area contributed by atoms with Crippen LogP contribution in [0, 0.1) is 0 Å². The maximum atomic E-state index is 13.7. The molecule has 0 atom stereocenters.